The topological polar surface area (TPSA) is 105 Å². The van der Waals surface area contributed by atoms with E-state index in [-0.39, 0.29) is 11.5 Å². The van der Waals surface area contributed by atoms with Gasteiger partial charge in [0.2, 0.25) is 0 Å². The standard InChI is InChI=1S/C15H26N2O5Si/c1-15(2,3)23(4,5)13(20)12-9(18)8-11(22-12)17-7-6-10(19)16-14(17)21/h6-7,9,11-13,18,20H,8H2,1-5H3,(H,16,19,21)/t9-,11+,12-,13?/m0/s1. The quantitative estimate of drug-likeness (QED) is 0.698. The molecule has 0 radical (unpaired) electrons. The maximum atomic E-state index is 11.9. The highest BCUT2D eigenvalue weighted by Gasteiger charge is 2.50. The second kappa shape index (κ2) is 6.01. The Balaban J connectivity index is 2.25. The Kier molecular flexibility index (Phi) is 4.73. The number of aromatic nitrogens is 2. The molecule has 4 atom stereocenters. The number of aliphatic hydroxyl groups is 2. The van der Waals surface area contributed by atoms with Crippen LogP contribution in [0.3, 0.4) is 0 Å². The number of aliphatic hydroxyl groups excluding tert-OH is 2. The number of rotatable bonds is 3. The molecule has 7 nitrogen and oxygen atoms in total. The van der Waals surface area contributed by atoms with Gasteiger partial charge in [0, 0.05) is 18.7 Å². The number of ether oxygens (including phenoxy) is 1. The molecule has 1 aromatic rings. The first-order chi connectivity index (χ1) is 10.4. The van der Waals surface area contributed by atoms with E-state index in [0.717, 1.165) is 0 Å². The molecule has 0 spiro atoms. The second-order valence-corrected chi connectivity index (χ2v) is 13.3. The highest BCUT2D eigenvalue weighted by atomic mass is 28.3. The van der Waals surface area contributed by atoms with Gasteiger partial charge in [-0.05, 0) is 5.04 Å². The fourth-order valence-electron chi connectivity index (χ4n) is 2.64. The Bertz CT molecular complexity index is 675. The van der Waals surface area contributed by atoms with Gasteiger partial charge in [0.15, 0.2) is 0 Å². The Morgan fingerprint density at radius 3 is 2.52 bits per heavy atom. The minimum absolute atomic E-state index is 0.0671. The van der Waals surface area contributed by atoms with E-state index >= 15 is 0 Å². The van der Waals surface area contributed by atoms with Gasteiger partial charge in [-0.2, -0.15) is 0 Å². The lowest BCUT2D eigenvalue weighted by atomic mass is 10.2. The molecule has 2 rings (SSSR count). The van der Waals surface area contributed by atoms with Gasteiger partial charge in [-0.3, -0.25) is 14.3 Å². The number of hydrogen-bond donors (Lipinski definition) is 3. The average molecular weight is 342 g/mol. The van der Waals surface area contributed by atoms with Gasteiger partial charge < -0.3 is 14.9 Å². The van der Waals surface area contributed by atoms with Crippen LogP contribution in [-0.4, -0.2) is 45.8 Å². The third-order valence-electron chi connectivity index (χ3n) is 5.28. The van der Waals surface area contributed by atoms with Crippen molar-refractivity contribution in [3.63, 3.8) is 0 Å². The lowest BCUT2D eigenvalue weighted by Gasteiger charge is -2.43. The summed E-state index contributed by atoms with van der Waals surface area (Å²) >= 11 is 0. The fraction of sp³-hybridized carbons (Fsp3) is 0.733. The molecule has 1 aliphatic rings. The number of hydrogen-bond acceptors (Lipinski definition) is 5. The smallest absolute Gasteiger partial charge is 0.330 e. The monoisotopic (exact) mass is 342 g/mol. The van der Waals surface area contributed by atoms with E-state index in [1.807, 2.05) is 0 Å². The first kappa shape index (κ1) is 18.1. The summed E-state index contributed by atoms with van der Waals surface area (Å²) in [6, 6.07) is 1.23. The summed E-state index contributed by atoms with van der Waals surface area (Å²) in [7, 11) is -2.14. The fourth-order valence-corrected chi connectivity index (χ4v) is 4.65. The van der Waals surface area contributed by atoms with Crippen molar-refractivity contribution < 1.29 is 14.9 Å². The summed E-state index contributed by atoms with van der Waals surface area (Å²) in [6.45, 7) is 10.4. The number of aromatic amines is 1. The van der Waals surface area contributed by atoms with Crippen molar-refractivity contribution in [2.75, 3.05) is 0 Å². The van der Waals surface area contributed by atoms with E-state index in [2.05, 4.69) is 38.8 Å². The van der Waals surface area contributed by atoms with Crippen molar-refractivity contribution in [1.82, 2.24) is 9.55 Å². The van der Waals surface area contributed by atoms with Crippen LogP contribution >= 0.6 is 0 Å². The molecule has 23 heavy (non-hydrogen) atoms. The Morgan fingerprint density at radius 1 is 1.39 bits per heavy atom. The van der Waals surface area contributed by atoms with Gasteiger partial charge in [-0.25, -0.2) is 4.79 Å². The molecule has 0 amide bonds. The number of nitrogens with one attached hydrogen (secondary N) is 1. The first-order valence-corrected chi connectivity index (χ1v) is 10.9. The normalized spacial score (nSPS) is 27.2. The molecule has 0 aliphatic carbocycles. The lowest BCUT2D eigenvalue weighted by molar-refractivity contribution is -0.0627. The summed E-state index contributed by atoms with van der Waals surface area (Å²) in [5.74, 6) is 0. The second-order valence-electron chi connectivity index (χ2n) is 7.79. The highest BCUT2D eigenvalue weighted by molar-refractivity contribution is 6.81. The largest absolute Gasteiger partial charge is 0.394 e. The van der Waals surface area contributed by atoms with Crippen LogP contribution in [0.4, 0.5) is 0 Å². The van der Waals surface area contributed by atoms with Crippen molar-refractivity contribution >= 4 is 8.07 Å². The number of H-pyrrole nitrogens is 1. The highest BCUT2D eigenvalue weighted by Crippen LogP contribution is 2.42. The predicted octanol–water partition coefficient (Wildman–Crippen LogP) is 0.594. The minimum Gasteiger partial charge on any atom is -0.394 e. The average Bonchev–Trinajstić information content (AvgIpc) is 2.78. The van der Waals surface area contributed by atoms with Crippen molar-refractivity contribution in [2.45, 2.75) is 69.5 Å². The first-order valence-electron chi connectivity index (χ1n) is 7.78. The summed E-state index contributed by atoms with van der Waals surface area (Å²) < 4.78 is 7.04. The van der Waals surface area contributed by atoms with Gasteiger partial charge in [-0.1, -0.05) is 33.9 Å². The molecule has 0 aromatic carbocycles. The molecule has 0 saturated carbocycles. The van der Waals surface area contributed by atoms with Crippen molar-refractivity contribution in [1.29, 1.82) is 0 Å². The van der Waals surface area contributed by atoms with E-state index in [1.165, 1.54) is 16.8 Å². The lowest BCUT2D eigenvalue weighted by Crippen LogP contribution is -2.57. The third kappa shape index (κ3) is 3.35. The van der Waals surface area contributed by atoms with Gasteiger partial charge in [0.05, 0.1) is 19.9 Å². The van der Waals surface area contributed by atoms with Crippen LogP contribution < -0.4 is 11.2 Å². The SMILES string of the molecule is CC(C)(C)[Si](C)(C)C(O)[C@H]1O[C@@H](n2ccc(=O)[nH]c2=O)C[C@@H]1O. The molecule has 1 aromatic heterocycles. The molecule has 0 bridgehead atoms. The molecule has 1 unspecified atom stereocenters. The zero-order valence-electron chi connectivity index (χ0n) is 14.2. The Labute approximate surface area is 135 Å². The molecule has 3 N–H and O–H groups in total. The Morgan fingerprint density at radius 2 is 2.00 bits per heavy atom. The molecule has 1 aliphatic heterocycles. The maximum absolute atomic E-state index is 11.9. The van der Waals surface area contributed by atoms with Crippen LogP contribution in [0.25, 0.3) is 0 Å². The van der Waals surface area contributed by atoms with Crippen LogP contribution in [0.2, 0.25) is 18.1 Å². The summed E-state index contributed by atoms with van der Waals surface area (Å²) in [6.07, 6.45) is -0.747. The van der Waals surface area contributed by atoms with E-state index < -0.39 is 43.5 Å². The van der Waals surface area contributed by atoms with Crippen molar-refractivity contribution in [3.05, 3.63) is 33.1 Å². The van der Waals surface area contributed by atoms with Crippen molar-refractivity contribution in [2.24, 2.45) is 0 Å². The maximum Gasteiger partial charge on any atom is 0.330 e. The zero-order chi connectivity index (χ0) is 17.6. The number of nitrogens with zero attached hydrogens (tertiary/aromatic N) is 1. The van der Waals surface area contributed by atoms with E-state index in [4.69, 9.17) is 4.74 Å². The van der Waals surface area contributed by atoms with Crippen LogP contribution in [0.1, 0.15) is 33.4 Å². The van der Waals surface area contributed by atoms with Gasteiger partial charge in [0.1, 0.15) is 12.3 Å². The molecule has 1 fully saturated rings. The predicted molar refractivity (Wildman–Crippen MR) is 89.1 cm³/mol. The van der Waals surface area contributed by atoms with Gasteiger partial charge in [-0.15, -0.1) is 0 Å². The Hall–Kier alpha value is -1.22. The van der Waals surface area contributed by atoms with Gasteiger partial charge in [0.25, 0.3) is 5.56 Å². The van der Waals surface area contributed by atoms with Crippen LogP contribution in [0, 0.1) is 0 Å². The summed E-state index contributed by atoms with van der Waals surface area (Å²) in [4.78, 5) is 25.2. The molecule has 1 saturated heterocycles. The molecule has 2 heterocycles. The summed E-state index contributed by atoms with van der Waals surface area (Å²) in [5.41, 5.74) is -1.83. The zero-order valence-corrected chi connectivity index (χ0v) is 15.2. The molecule has 8 heteroatoms. The minimum atomic E-state index is -2.14. The molecular weight excluding hydrogens is 316 g/mol. The molecule has 130 valence electrons. The van der Waals surface area contributed by atoms with Crippen LogP contribution in [0.5, 0.6) is 0 Å². The van der Waals surface area contributed by atoms with Crippen molar-refractivity contribution in [3.8, 4) is 0 Å². The van der Waals surface area contributed by atoms with Gasteiger partial charge >= 0.3 is 5.69 Å². The summed E-state index contributed by atoms with van der Waals surface area (Å²) in [5, 5.41) is 21.0. The van der Waals surface area contributed by atoms with E-state index in [9.17, 15) is 19.8 Å². The van der Waals surface area contributed by atoms with Crippen LogP contribution in [-0.2, 0) is 4.74 Å². The van der Waals surface area contributed by atoms with Crippen LogP contribution in [0.15, 0.2) is 21.9 Å². The molecular formula is C15H26N2O5Si. The van der Waals surface area contributed by atoms with E-state index in [1.54, 1.807) is 0 Å². The van der Waals surface area contributed by atoms with E-state index in [0.29, 0.717) is 0 Å². The third-order valence-corrected chi connectivity index (χ3v) is 11.0.